The third kappa shape index (κ3) is 4.14. The quantitative estimate of drug-likeness (QED) is 0.442. The third-order valence-electron chi connectivity index (χ3n) is 3.64. The van der Waals surface area contributed by atoms with Crippen LogP contribution in [-0.2, 0) is 27.4 Å². The Kier molecular flexibility index (Phi) is 5.48. The lowest BCUT2D eigenvalue weighted by atomic mass is 9.79. The highest BCUT2D eigenvalue weighted by atomic mass is 16.5. The molecule has 6 nitrogen and oxygen atoms in total. The van der Waals surface area contributed by atoms with Crippen molar-refractivity contribution < 1.29 is 23.9 Å². The molecule has 1 amide bonds. The summed E-state index contributed by atoms with van der Waals surface area (Å²) in [4.78, 5) is 11.8. The molecule has 3 rings (SSSR count). The van der Waals surface area contributed by atoms with Gasteiger partial charge in [0.2, 0.25) is 0 Å². The predicted octanol–water partition coefficient (Wildman–Crippen LogP) is 0.574. The molecule has 0 spiro atoms. The van der Waals surface area contributed by atoms with Gasteiger partial charge in [0.05, 0.1) is 13.2 Å². The average Bonchev–Trinajstić information content (AvgIpc) is 3.00. The van der Waals surface area contributed by atoms with Gasteiger partial charge in [-0.05, 0) is 17.2 Å². The SMILES string of the molecule is O=C(COc1cccc2c1B(O)OC2)NCOCc1ccccc1. The van der Waals surface area contributed by atoms with Gasteiger partial charge >= 0.3 is 7.12 Å². The summed E-state index contributed by atoms with van der Waals surface area (Å²) in [5, 5.41) is 12.4. The van der Waals surface area contributed by atoms with Crippen LogP contribution in [0.25, 0.3) is 0 Å². The van der Waals surface area contributed by atoms with Gasteiger partial charge in [0.25, 0.3) is 5.91 Å². The van der Waals surface area contributed by atoms with Crippen molar-refractivity contribution in [3.05, 3.63) is 59.7 Å². The van der Waals surface area contributed by atoms with Crippen LogP contribution in [0.2, 0.25) is 0 Å². The molecule has 1 aliphatic heterocycles. The fourth-order valence-corrected chi connectivity index (χ4v) is 2.44. The van der Waals surface area contributed by atoms with Gasteiger partial charge < -0.3 is 24.5 Å². The molecular formula is C17H18BNO5. The Hall–Kier alpha value is -2.35. The van der Waals surface area contributed by atoms with Gasteiger partial charge in [-0.1, -0.05) is 42.5 Å². The van der Waals surface area contributed by atoms with Gasteiger partial charge in [0.1, 0.15) is 12.5 Å². The van der Waals surface area contributed by atoms with Crippen molar-refractivity contribution in [2.75, 3.05) is 13.3 Å². The normalized spacial score (nSPS) is 12.8. The second kappa shape index (κ2) is 7.96. The summed E-state index contributed by atoms with van der Waals surface area (Å²) >= 11 is 0. The predicted molar refractivity (Wildman–Crippen MR) is 88.6 cm³/mol. The Morgan fingerprint density at radius 1 is 1.21 bits per heavy atom. The highest BCUT2D eigenvalue weighted by Crippen LogP contribution is 2.17. The van der Waals surface area contributed by atoms with E-state index in [0.717, 1.165) is 11.1 Å². The minimum atomic E-state index is -1.01. The number of nitrogens with one attached hydrogen (secondary N) is 1. The average molecular weight is 327 g/mol. The summed E-state index contributed by atoms with van der Waals surface area (Å²) in [5.41, 5.74) is 2.49. The molecule has 124 valence electrons. The van der Waals surface area contributed by atoms with Crippen LogP contribution >= 0.6 is 0 Å². The number of ether oxygens (including phenoxy) is 2. The molecule has 1 heterocycles. The van der Waals surface area contributed by atoms with Crippen LogP contribution < -0.4 is 15.5 Å². The Labute approximate surface area is 140 Å². The van der Waals surface area contributed by atoms with E-state index in [0.29, 0.717) is 24.4 Å². The molecule has 0 unspecified atom stereocenters. The second-order valence-electron chi connectivity index (χ2n) is 5.36. The third-order valence-corrected chi connectivity index (χ3v) is 3.64. The van der Waals surface area contributed by atoms with Crippen LogP contribution in [0.1, 0.15) is 11.1 Å². The lowest BCUT2D eigenvalue weighted by Gasteiger charge is -2.11. The zero-order chi connectivity index (χ0) is 16.8. The number of rotatable bonds is 7. The van der Waals surface area contributed by atoms with Gasteiger partial charge in [-0.3, -0.25) is 4.79 Å². The van der Waals surface area contributed by atoms with E-state index in [-0.39, 0.29) is 19.2 Å². The minimum Gasteiger partial charge on any atom is -0.484 e. The van der Waals surface area contributed by atoms with Gasteiger partial charge in [-0.25, -0.2) is 0 Å². The zero-order valence-electron chi connectivity index (χ0n) is 13.1. The molecule has 0 bridgehead atoms. The summed E-state index contributed by atoms with van der Waals surface area (Å²) in [7, 11) is -1.01. The monoisotopic (exact) mass is 327 g/mol. The van der Waals surface area contributed by atoms with E-state index in [4.69, 9.17) is 14.1 Å². The topological polar surface area (TPSA) is 77.0 Å². The molecule has 2 N–H and O–H groups in total. The molecule has 24 heavy (non-hydrogen) atoms. The van der Waals surface area contributed by atoms with E-state index in [1.54, 1.807) is 12.1 Å². The molecule has 2 aromatic carbocycles. The smallest absolute Gasteiger partial charge is 0.484 e. The first kappa shape index (κ1) is 16.5. The Morgan fingerprint density at radius 2 is 2.04 bits per heavy atom. The number of carbonyl (C=O) groups excluding carboxylic acids is 1. The van der Waals surface area contributed by atoms with E-state index >= 15 is 0 Å². The number of benzene rings is 2. The number of hydrogen-bond acceptors (Lipinski definition) is 5. The molecule has 0 fully saturated rings. The Bertz CT molecular complexity index is 695. The number of amides is 1. The fourth-order valence-electron chi connectivity index (χ4n) is 2.44. The van der Waals surface area contributed by atoms with Crippen LogP contribution in [0.5, 0.6) is 5.75 Å². The lowest BCUT2D eigenvalue weighted by Crippen LogP contribution is -2.34. The summed E-state index contributed by atoms with van der Waals surface area (Å²) in [6.45, 7) is 0.721. The molecule has 0 aliphatic carbocycles. The van der Waals surface area contributed by atoms with E-state index in [9.17, 15) is 9.82 Å². The molecule has 0 aromatic heterocycles. The van der Waals surface area contributed by atoms with Crippen molar-refractivity contribution in [3.8, 4) is 5.75 Å². The fraction of sp³-hybridized carbons (Fsp3) is 0.235. The van der Waals surface area contributed by atoms with Gasteiger partial charge in [0.15, 0.2) is 6.61 Å². The van der Waals surface area contributed by atoms with Crippen molar-refractivity contribution in [2.24, 2.45) is 0 Å². The summed E-state index contributed by atoms with van der Waals surface area (Å²) < 4.78 is 16.0. The van der Waals surface area contributed by atoms with Gasteiger partial charge in [-0.15, -0.1) is 0 Å². The first-order valence-corrected chi connectivity index (χ1v) is 7.66. The van der Waals surface area contributed by atoms with Crippen LogP contribution in [0.15, 0.2) is 48.5 Å². The molecule has 1 aliphatic rings. The van der Waals surface area contributed by atoms with E-state index in [1.807, 2.05) is 36.4 Å². The maximum atomic E-state index is 11.8. The lowest BCUT2D eigenvalue weighted by molar-refractivity contribution is -0.125. The highest BCUT2D eigenvalue weighted by molar-refractivity contribution is 6.62. The number of hydrogen-bond donors (Lipinski definition) is 2. The van der Waals surface area contributed by atoms with E-state index in [2.05, 4.69) is 5.32 Å². The first-order chi connectivity index (χ1) is 11.7. The van der Waals surface area contributed by atoms with Crippen LogP contribution in [-0.4, -0.2) is 31.4 Å². The van der Waals surface area contributed by atoms with Crippen molar-refractivity contribution in [1.82, 2.24) is 5.32 Å². The summed E-state index contributed by atoms with van der Waals surface area (Å²) in [6.07, 6.45) is 0. The molecule has 0 atom stereocenters. The Morgan fingerprint density at radius 3 is 2.88 bits per heavy atom. The van der Waals surface area contributed by atoms with Gasteiger partial charge in [0, 0.05) is 5.46 Å². The second-order valence-corrected chi connectivity index (χ2v) is 5.36. The minimum absolute atomic E-state index is 0.107. The molecular weight excluding hydrogens is 309 g/mol. The van der Waals surface area contributed by atoms with E-state index in [1.165, 1.54) is 0 Å². The standard InChI is InChI=1S/C17H18BNO5/c20-16(19-12-22-9-13-5-2-1-3-6-13)11-23-15-8-4-7-14-10-24-18(21)17(14)15/h1-8,21H,9-12H2,(H,19,20). The molecule has 0 radical (unpaired) electrons. The number of fused-ring (bicyclic) bond motifs is 1. The maximum Gasteiger partial charge on any atom is 0.495 e. The molecule has 0 saturated carbocycles. The van der Waals surface area contributed by atoms with Crippen LogP contribution in [0, 0.1) is 0 Å². The van der Waals surface area contributed by atoms with Crippen LogP contribution in [0.4, 0.5) is 0 Å². The first-order valence-electron chi connectivity index (χ1n) is 7.66. The number of carbonyl (C=O) groups is 1. The van der Waals surface area contributed by atoms with E-state index < -0.39 is 7.12 Å². The van der Waals surface area contributed by atoms with Crippen molar-refractivity contribution in [1.29, 1.82) is 0 Å². The van der Waals surface area contributed by atoms with Crippen molar-refractivity contribution in [2.45, 2.75) is 13.2 Å². The maximum absolute atomic E-state index is 11.8. The molecule has 2 aromatic rings. The Balaban J connectivity index is 1.41. The largest absolute Gasteiger partial charge is 0.495 e. The van der Waals surface area contributed by atoms with Crippen molar-refractivity contribution >= 4 is 18.5 Å². The molecule has 7 heteroatoms. The molecule has 0 saturated heterocycles. The summed E-state index contributed by atoms with van der Waals surface area (Å²) in [5.74, 6) is 0.159. The van der Waals surface area contributed by atoms with Gasteiger partial charge in [-0.2, -0.15) is 0 Å². The van der Waals surface area contributed by atoms with Crippen molar-refractivity contribution in [3.63, 3.8) is 0 Å². The highest BCUT2D eigenvalue weighted by Gasteiger charge is 2.31. The summed E-state index contributed by atoms with van der Waals surface area (Å²) in [6, 6.07) is 15.1. The van der Waals surface area contributed by atoms with Crippen LogP contribution in [0.3, 0.4) is 0 Å². The zero-order valence-corrected chi connectivity index (χ0v) is 13.1.